The molecule has 3 rings (SSSR count). The zero-order valence-corrected chi connectivity index (χ0v) is 12.9. The first-order valence-electron chi connectivity index (χ1n) is 5.81. The van der Waals surface area contributed by atoms with Crippen LogP contribution in [0, 0.1) is 13.8 Å². The van der Waals surface area contributed by atoms with Crippen LogP contribution >= 0.6 is 27.3 Å². The average molecular weight is 335 g/mol. The Labute approximate surface area is 122 Å². The number of benzene rings is 1. The molecule has 2 heterocycles. The number of aromatic nitrogens is 2. The van der Waals surface area contributed by atoms with E-state index in [1.54, 1.807) is 22.2 Å². The second-order valence-electron chi connectivity index (χ2n) is 4.36. The standard InChI is InChI=1S/C14H11BrN2OS/c1-8-9(2)19-13-12(8)14(18)17(7-16-13)11-5-3-10(15)4-6-11/h3-7H,1-2H3. The SMILES string of the molecule is Cc1sc2ncn(-c3ccc(Br)cc3)c(=O)c2c1C. The molecule has 0 amide bonds. The zero-order chi connectivity index (χ0) is 13.6. The van der Waals surface area contributed by atoms with E-state index in [1.165, 1.54) is 0 Å². The van der Waals surface area contributed by atoms with Crippen LogP contribution in [-0.2, 0) is 0 Å². The van der Waals surface area contributed by atoms with Gasteiger partial charge in [-0.15, -0.1) is 11.3 Å². The number of thiophene rings is 1. The summed E-state index contributed by atoms with van der Waals surface area (Å²) < 4.78 is 2.58. The molecule has 1 aromatic carbocycles. The topological polar surface area (TPSA) is 34.9 Å². The van der Waals surface area contributed by atoms with E-state index in [-0.39, 0.29) is 5.56 Å². The molecule has 0 aliphatic carbocycles. The summed E-state index contributed by atoms with van der Waals surface area (Å²) in [7, 11) is 0. The minimum atomic E-state index is -0.00540. The number of hydrogen-bond acceptors (Lipinski definition) is 3. The molecule has 0 aliphatic rings. The Morgan fingerprint density at radius 1 is 1.21 bits per heavy atom. The number of hydrogen-bond donors (Lipinski definition) is 0. The van der Waals surface area contributed by atoms with Crippen molar-refractivity contribution in [3.8, 4) is 5.69 Å². The summed E-state index contributed by atoms with van der Waals surface area (Å²) >= 11 is 4.96. The number of nitrogens with zero attached hydrogens (tertiary/aromatic N) is 2. The van der Waals surface area contributed by atoms with Gasteiger partial charge in [-0.05, 0) is 43.7 Å². The molecule has 2 aromatic heterocycles. The van der Waals surface area contributed by atoms with E-state index in [0.29, 0.717) is 0 Å². The molecule has 0 saturated heterocycles. The Hall–Kier alpha value is -1.46. The molecule has 0 saturated carbocycles. The number of halogens is 1. The molecule has 3 aromatic rings. The van der Waals surface area contributed by atoms with Gasteiger partial charge in [-0.1, -0.05) is 15.9 Å². The second-order valence-corrected chi connectivity index (χ2v) is 6.48. The smallest absolute Gasteiger partial charge is 0.266 e. The Morgan fingerprint density at radius 3 is 2.58 bits per heavy atom. The summed E-state index contributed by atoms with van der Waals surface area (Å²) in [5, 5.41) is 0.730. The second kappa shape index (κ2) is 4.58. The highest BCUT2D eigenvalue weighted by molar-refractivity contribution is 9.10. The van der Waals surface area contributed by atoms with Gasteiger partial charge >= 0.3 is 0 Å². The summed E-state index contributed by atoms with van der Waals surface area (Å²) in [6.45, 7) is 3.99. The normalized spacial score (nSPS) is 11.1. The Bertz CT molecular complexity index is 818. The highest BCUT2D eigenvalue weighted by atomic mass is 79.9. The summed E-state index contributed by atoms with van der Waals surface area (Å²) in [6, 6.07) is 7.62. The molecule has 3 nitrogen and oxygen atoms in total. The van der Waals surface area contributed by atoms with Crippen LogP contribution in [0.5, 0.6) is 0 Å². The van der Waals surface area contributed by atoms with Gasteiger partial charge in [0.1, 0.15) is 11.2 Å². The molecule has 0 bridgehead atoms. The first kappa shape index (κ1) is 12.6. The fraction of sp³-hybridized carbons (Fsp3) is 0.143. The molecule has 0 atom stereocenters. The Morgan fingerprint density at radius 2 is 1.89 bits per heavy atom. The number of aryl methyl sites for hydroxylation is 2. The molecule has 0 aliphatic heterocycles. The van der Waals surface area contributed by atoms with Gasteiger partial charge in [-0.2, -0.15) is 0 Å². The van der Waals surface area contributed by atoms with Gasteiger partial charge in [0.15, 0.2) is 0 Å². The lowest BCUT2D eigenvalue weighted by atomic mass is 10.2. The summed E-state index contributed by atoms with van der Waals surface area (Å²) in [4.78, 5) is 18.9. The maximum absolute atomic E-state index is 12.6. The lowest BCUT2D eigenvalue weighted by Gasteiger charge is -2.05. The Balaban J connectivity index is 2.31. The van der Waals surface area contributed by atoms with Crippen molar-refractivity contribution in [2.45, 2.75) is 13.8 Å². The van der Waals surface area contributed by atoms with Gasteiger partial charge in [0, 0.05) is 9.35 Å². The van der Waals surface area contributed by atoms with Gasteiger partial charge in [-0.25, -0.2) is 4.98 Å². The zero-order valence-electron chi connectivity index (χ0n) is 10.5. The third-order valence-corrected chi connectivity index (χ3v) is 4.84. The lowest BCUT2D eigenvalue weighted by Crippen LogP contribution is -2.18. The number of fused-ring (bicyclic) bond motifs is 1. The molecule has 5 heteroatoms. The van der Waals surface area contributed by atoms with Crippen molar-refractivity contribution in [3.63, 3.8) is 0 Å². The van der Waals surface area contributed by atoms with Crippen molar-refractivity contribution in [2.75, 3.05) is 0 Å². The minimum absolute atomic E-state index is 0.00540. The van der Waals surface area contributed by atoms with Crippen LogP contribution in [0.1, 0.15) is 10.4 Å². The van der Waals surface area contributed by atoms with E-state index in [9.17, 15) is 4.79 Å². The summed E-state index contributed by atoms with van der Waals surface area (Å²) in [6.07, 6.45) is 1.60. The monoisotopic (exact) mass is 334 g/mol. The van der Waals surface area contributed by atoms with Crippen LogP contribution in [0.25, 0.3) is 15.9 Å². The molecular formula is C14H11BrN2OS. The number of rotatable bonds is 1. The van der Waals surface area contributed by atoms with Crippen LogP contribution in [0.4, 0.5) is 0 Å². The van der Waals surface area contributed by atoms with Gasteiger partial charge in [0.2, 0.25) is 0 Å². The third-order valence-electron chi connectivity index (χ3n) is 3.19. The molecule has 19 heavy (non-hydrogen) atoms. The summed E-state index contributed by atoms with van der Waals surface area (Å²) in [5.41, 5.74) is 1.85. The van der Waals surface area contributed by atoms with Gasteiger partial charge in [0.05, 0.1) is 11.1 Å². The fourth-order valence-electron chi connectivity index (χ4n) is 2.02. The van der Waals surface area contributed by atoms with E-state index in [4.69, 9.17) is 0 Å². The van der Waals surface area contributed by atoms with Crippen molar-refractivity contribution in [2.24, 2.45) is 0 Å². The van der Waals surface area contributed by atoms with Crippen molar-refractivity contribution in [1.29, 1.82) is 0 Å². The van der Waals surface area contributed by atoms with E-state index < -0.39 is 0 Å². The first-order chi connectivity index (χ1) is 9.08. The maximum Gasteiger partial charge on any atom is 0.266 e. The van der Waals surface area contributed by atoms with E-state index in [2.05, 4.69) is 20.9 Å². The van der Waals surface area contributed by atoms with Crippen molar-refractivity contribution in [1.82, 2.24) is 9.55 Å². The highest BCUT2D eigenvalue weighted by Crippen LogP contribution is 2.26. The molecule has 0 fully saturated rings. The highest BCUT2D eigenvalue weighted by Gasteiger charge is 2.12. The third kappa shape index (κ3) is 2.03. The molecule has 96 valence electrons. The van der Waals surface area contributed by atoms with Crippen LogP contribution in [0.3, 0.4) is 0 Å². The van der Waals surface area contributed by atoms with Gasteiger partial charge < -0.3 is 0 Å². The van der Waals surface area contributed by atoms with Crippen molar-refractivity contribution >= 4 is 37.5 Å². The molecule has 0 unspecified atom stereocenters. The van der Waals surface area contributed by atoms with E-state index in [1.807, 2.05) is 38.1 Å². The van der Waals surface area contributed by atoms with E-state index >= 15 is 0 Å². The predicted molar refractivity (Wildman–Crippen MR) is 82.4 cm³/mol. The van der Waals surface area contributed by atoms with Crippen molar-refractivity contribution < 1.29 is 0 Å². The maximum atomic E-state index is 12.6. The molecular weight excluding hydrogens is 324 g/mol. The lowest BCUT2D eigenvalue weighted by molar-refractivity contribution is 0.964. The van der Waals surface area contributed by atoms with Crippen molar-refractivity contribution in [3.05, 3.63) is 55.9 Å². The van der Waals surface area contributed by atoms with Gasteiger partial charge in [0.25, 0.3) is 5.56 Å². The van der Waals surface area contributed by atoms with Crippen LogP contribution in [0.2, 0.25) is 0 Å². The predicted octanol–water partition coefficient (Wildman–Crippen LogP) is 3.83. The quantitative estimate of drug-likeness (QED) is 0.677. The fourth-order valence-corrected chi connectivity index (χ4v) is 3.27. The van der Waals surface area contributed by atoms with Crippen LogP contribution in [0.15, 0.2) is 39.9 Å². The first-order valence-corrected chi connectivity index (χ1v) is 7.42. The van der Waals surface area contributed by atoms with Crippen LogP contribution in [-0.4, -0.2) is 9.55 Å². The average Bonchev–Trinajstić information content (AvgIpc) is 2.68. The molecule has 0 N–H and O–H groups in total. The summed E-state index contributed by atoms with van der Waals surface area (Å²) in [5.74, 6) is 0. The Kier molecular flexibility index (Phi) is 3.03. The minimum Gasteiger partial charge on any atom is -0.268 e. The molecule has 0 spiro atoms. The van der Waals surface area contributed by atoms with E-state index in [0.717, 1.165) is 30.8 Å². The van der Waals surface area contributed by atoms with Crippen LogP contribution < -0.4 is 5.56 Å². The largest absolute Gasteiger partial charge is 0.268 e. The molecule has 0 radical (unpaired) electrons. The van der Waals surface area contributed by atoms with Gasteiger partial charge in [-0.3, -0.25) is 9.36 Å².